The van der Waals surface area contributed by atoms with E-state index in [1.807, 2.05) is 32.4 Å². The monoisotopic (exact) mass is 372 g/mol. The fourth-order valence-corrected chi connectivity index (χ4v) is 2.58. The van der Waals surface area contributed by atoms with Crippen LogP contribution in [0.25, 0.3) is 0 Å². The van der Waals surface area contributed by atoms with Gasteiger partial charge in [-0.05, 0) is 18.8 Å². The lowest BCUT2D eigenvalue weighted by Gasteiger charge is -2.23. The van der Waals surface area contributed by atoms with Gasteiger partial charge >= 0.3 is 0 Å². The van der Waals surface area contributed by atoms with Gasteiger partial charge in [0.1, 0.15) is 5.82 Å². The predicted molar refractivity (Wildman–Crippen MR) is 97.3 cm³/mol. The average Bonchev–Trinajstić information content (AvgIpc) is 2.97. The quantitative estimate of drug-likeness (QED) is 0.685. The molecule has 8 nitrogen and oxygen atoms in total. The molecule has 0 saturated heterocycles. The molecule has 1 aromatic heterocycles. The normalized spacial score (nSPS) is 17.6. The number of fused-ring (bicyclic) bond motifs is 1. The highest BCUT2D eigenvalue weighted by molar-refractivity contribution is 5.87. The zero-order valence-electron chi connectivity index (χ0n) is 15.3. The summed E-state index contributed by atoms with van der Waals surface area (Å²) < 4.78 is 1.87. The number of nitrogens with one attached hydrogen (secondary N) is 2. The Kier molecular flexibility index (Phi) is 7.82. The summed E-state index contributed by atoms with van der Waals surface area (Å²) in [5.74, 6) is 1.31. The number of carbonyl (C=O) groups is 2. The van der Waals surface area contributed by atoms with Crippen LogP contribution in [-0.2, 0) is 16.1 Å². The van der Waals surface area contributed by atoms with E-state index < -0.39 is 6.04 Å². The third kappa shape index (κ3) is 5.40. The Labute approximate surface area is 154 Å². The van der Waals surface area contributed by atoms with Crippen molar-refractivity contribution in [3.05, 3.63) is 11.6 Å². The SMILES string of the molecule is CC(C)c1nc2n(n1)CCCC2NC(=O)CNC(=O)[C@@H](N)C(C)C.Cl. The summed E-state index contributed by atoms with van der Waals surface area (Å²) in [6, 6.07) is -0.772. The first kappa shape index (κ1) is 21.4. The van der Waals surface area contributed by atoms with Crippen molar-refractivity contribution in [2.24, 2.45) is 11.7 Å². The topological polar surface area (TPSA) is 115 Å². The Hall–Kier alpha value is -1.67. The molecule has 9 heteroatoms. The van der Waals surface area contributed by atoms with Gasteiger partial charge in [0.25, 0.3) is 0 Å². The largest absolute Gasteiger partial charge is 0.346 e. The van der Waals surface area contributed by atoms with Gasteiger partial charge in [0.05, 0.1) is 18.6 Å². The van der Waals surface area contributed by atoms with Crippen LogP contribution in [0.15, 0.2) is 0 Å². The minimum absolute atomic E-state index is 0. The van der Waals surface area contributed by atoms with E-state index in [4.69, 9.17) is 5.73 Å². The van der Waals surface area contributed by atoms with E-state index in [2.05, 4.69) is 20.7 Å². The van der Waals surface area contributed by atoms with Gasteiger partial charge in [-0.2, -0.15) is 5.10 Å². The molecule has 1 aliphatic rings. The number of nitrogens with two attached hydrogens (primary N) is 1. The van der Waals surface area contributed by atoms with Crippen LogP contribution < -0.4 is 16.4 Å². The predicted octanol–water partition coefficient (Wildman–Crippen LogP) is 0.874. The highest BCUT2D eigenvalue weighted by Crippen LogP contribution is 2.24. The molecule has 0 spiro atoms. The van der Waals surface area contributed by atoms with E-state index in [9.17, 15) is 9.59 Å². The number of rotatable bonds is 6. The van der Waals surface area contributed by atoms with Gasteiger partial charge in [0.15, 0.2) is 5.82 Å². The summed E-state index contributed by atoms with van der Waals surface area (Å²) in [5, 5.41) is 10.0. The highest BCUT2D eigenvalue weighted by Gasteiger charge is 2.26. The number of nitrogens with zero attached hydrogens (tertiary/aromatic N) is 3. The molecule has 1 unspecified atom stereocenters. The maximum atomic E-state index is 12.1. The molecule has 0 bridgehead atoms. The minimum atomic E-state index is -0.607. The molecular formula is C16H29ClN6O2. The van der Waals surface area contributed by atoms with E-state index in [1.165, 1.54) is 0 Å². The number of aromatic nitrogens is 3. The summed E-state index contributed by atoms with van der Waals surface area (Å²) in [5.41, 5.74) is 5.76. The maximum Gasteiger partial charge on any atom is 0.239 e. The van der Waals surface area contributed by atoms with Crippen LogP contribution in [-0.4, -0.2) is 39.2 Å². The molecule has 2 rings (SSSR count). The molecule has 1 aromatic rings. The number of hydrogen-bond acceptors (Lipinski definition) is 5. The Bertz CT molecular complexity index is 601. The van der Waals surface area contributed by atoms with Gasteiger partial charge in [-0.15, -0.1) is 12.4 Å². The Morgan fingerprint density at radius 2 is 2.00 bits per heavy atom. The van der Waals surface area contributed by atoms with E-state index in [0.29, 0.717) is 0 Å². The molecule has 142 valence electrons. The molecule has 1 aliphatic heterocycles. The first-order valence-corrected chi connectivity index (χ1v) is 8.57. The molecule has 2 amide bonds. The van der Waals surface area contributed by atoms with Crippen molar-refractivity contribution in [1.82, 2.24) is 25.4 Å². The van der Waals surface area contributed by atoms with Crippen molar-refractivity contribution in [2.45, 2.75) is 65.1 Å². The third-order valence-corrected chi connectivity index (χ3v) is 4.19. The zero-order valence-corrected chi connectivity index (χ0v) is 16.1. The Balaban J connectivity index is 0.00000312. The molecule has 4 N–H and O–H groups in total. The molecule has 2 atom stereocenters. The van der Waals surface area contributed by atoms with E-state index in [0.717, 1.165) is 31.0 Å². The van der Waals surface area contributed by atoms with Crippen molar-refractivity contribution in [2.75, 3.05) is 6.54 Å². The summed E-state index contributed by atoms with van der Waals surface area (Å²) >= 11 is 0. The van der Waals surface area contributed by atoms with Crippen LogP contribution in [0.4, 0.5) is 0 Å². The fraction of sp³-hybridized carbons (Fsp3) is 0.750. The van der Waals surface area contributed by atoms with Gasteiger partial charge in [0, 0.05) is 12.5 Å². The summed E-state index contributed by atoms with van der Waals surface area (Å²) in [7, 11) is 0. The van der Waals surface area contributed by atoms with Crippen LogP contribution in [0.2, 0.25) is 0 Å². The van der Waals surface area contributed by atoms with Crippen LogP contribution in [0.5, 0.6) is 0 Å². The van der Waals surface area contributed by atoms with Crippen LogP contribution in [0.1, 0.15) is 64.1 Å². The van der Waals surface area contributed by atoms with Gasteiger partial charge in [-0.25, -0.2) is 9.67 Å². The lowest BCUT2D eigenvalue weighted by molar-refractivity contribution is -0.127. The van der Waals surface area contributed by atoms with E-state index >= 15 is 0 Å². The molecular weight excluding hydrogens is 344 g/mol. The highest BCUT2D eigenvalue weighted by atomic mass is 35.5. The van der Waals surface area contributed by atoms with Crippen molar-refractivity contribution in [3.63, 3.8) is 0 Å². The standard InChI is InChI=1S/C16H28N6O2.ClH/c1-9(2)13(17)16(24)18-8-12(23)19-11-6-5-7-22-15(11)20-14(21-22)10(3)4;/h9-11,13H,5-8,17H2,1-4H3,(H,18,24)(H,19,23);1H/t11?,13-;/m0./s1. The zero-order chi connectivity index (χ0) is 17.9. The fourth-order valence-electron chi connectivity index (χ4n) is 2.58. The Morgan fingerprint density at radius 3 is 2.60 bits per heavy atom. The van der Waals surface area contributed by atoms with Crippen molar-refractivity contribution in [3.8, 4) is 0 Å². The van der Waals surface area contributed by atoms with Crippen molar-refractivity contribution < 1.29 is 9.59 Å². The second-order valence-corrected chi connectivity index (χ2v) is 6.96. The van der Waals surface area contributed by atoms with Gasteiger partial charge in [-0.1, -0.05) is 27.7 Å². The molecule has 0 aromatic carbocycles. The summed E-state index contributed by atoms with van der Waals surface area (Å²) in [6.45, 7) is 8.56. The molecule has 0 fully saturated rings. The summed E-state index contributed by atoms with van der Waals surface area (Å²) in [4.78, 5) is 28.5. The van der Waals surface area contributed by atoms with E-state index in [-0.39, 0.29) is 48.6 Å². The van der Waals surface area contributed by atoms with Crippen LogP contribution >= 0.6 is 12.4 Å². The first-order valence-electron chi connectivity index (χ1n) is 8.57. The smallest absolute Gasteiger partial charge is 0.239 e. The lowest BCUT2D eigenvalue weighted by Crippen LogP contribution is -2.47. The second-order valence-electron chi connectivity index (χ2n) is 6.96. The van der Waals surface area contributed by atoms with Gasteiger partial charge in [0.2, 0.25) is 11.8 Å². The van der Waals surface area contributed by atoms with Gasteiger partial charge < -0.3 is 16.4 Å². The molecule has 2 heterocycles. The van der Waals surface area contributed by atoms with Crippen molar-refractivity contribution in [1.29, 1.82) is 0 Å². The third-order valence-electron chi connectivity index (χ3n) is 4.19. The van der Waals surface area contributed by atoms with E-state index in [1.54, 1.807) is 0 Å². The average molecular weight is 373 g/mol. The number of carbonyl (C=O) groups excluding carboxylic acids is 2. The maximum absolute atomic E-state index is 12.1. The Morgan fingerprint density at radius 1 is 1.32 bits per heavy atom. The summed E-state index contributed by atoms with van der Waals surface area (Å²) in [6.07, 6.45) is 1.75. The number of aryl methyl sites for hydroxylation is 1. The van der Waals surface area contributed by atoms with Crippen LogP contribution in [0, 0.1) is 5.92 Å². The van der Waals surface area contributed by atoms with Gasteiger partial charge in [-0.3, -0.25) is 9.59 Å². The minimum Gasteiger partial charge on any atom is -0.346 e. The first-order chi connectivity index (χ1) is 11.3. The molecule has 0 saturated carbocycles. The molecule has 25 heavy (non-hydrogen) atoms. The number of hydrogen-bond donors (Lipinski definition) is 3. The lowest BCUT2D eigenvalue weighted by atomic mass is 10.1. The van der Waals surface area contributed by atoms with Crippen LogP contribution in [0.3, 0.4) is 0 Å². The van der Waals surface area contributed by atoms with Crippen molar-refractivity contribution >= 4 is 24.2 Å². The molecule has 0 aliphatic carbocycles. The number of halogens is 1. The molecule has 0 radical (unpaired) electrons. The second kappa shape index (κ2) is 9.15. The number of amides is 2.